The van der Waals surface area contributed by atoms with Gasteiger partial charge in [0, 0.05) is 24.6 Å². The highest BCUT2D eigenvalue weighted by Gasteiger charge is 2.26. The zero-order valence-electron chi connectivity index (χ0n) is 11.4. The lowest BCUT2D eigenvalue weighted by atomic mass is 9.82. The first kappa shape index (κ1) is 15.7. The maximum Gasteiger partial charge on any atom is 0.0499 e. The molecule has 0 rings (SSSR count). The van der Waals surface area contributed by atoms with Crippen molar-refractivity contribution < 1.29 is 5.11 Å². The smallest absolute Gasteiger partial charge is 0.0499 e. The lowest BCUT2D eigenvalue weighted by Gasteiger charge is -2.32. The molecule has 0 saturated heterocycles. The highest BCUT2D eigenvalue weighted by molar-refractivity contribution is 4.82. The summed E-state index contributed by atoms with van der Waals surface area (Å²) in [5, 5.41) is 13.0. The second-order valence-corrected chi connectivity index (χ2v) is 5.04. The maximum atomic E-state index is 9.48. The SMILES string of the molecule is C=CCC(C)C(C)NCC(CC)(CC)CO. The second kappa shape index (κ2) is 7.86. The van der Waals surface area contributed by atoms with Crippen LogP contribution in [-0.4, -0.2) is 24.3 Å². The van der Waals surface area contributed by atoms with E-state index in [2.05, 4.69) is 39.6 Å². The van der Waals surface area contributed by atoms with Crippen LogP contribution in [0.2, 0.25) is 0 Å². The van der Waals surface area contributed by atoms with Gasteiger partial charge in [-0.25, -0.2) is 0 Å². The molecule has 0 heterocycles. The molecule has 0 aliphatic carbocycles. The first-order valence-corrected chi connectivity index (χ1v) is 6.50. The van der Waals surface area contributed by atoms with E-state index in [1.165, 1.54) is 0 Å². The second-order valence-electron chi connectivity index (χ2n) is 5.04. The minimum absolute atomic E-state index is 0.0577. The van der Waals surface area contributed by atoms with E-state index >= 15 is 0 Å². The highest BCUT2D eigenvalue weighted by atomic mass is 16.3. The van der Waals surface area contributed by atoms with Crippen molar-refractivity contribution in [2.45, 2.75) is 53.0 Å². The Kier molecular flexibility index (Phi) is 7.69. The molecule has 0 aromatic heterocycles. The van der Waals surface area contributed by atoms with Gasteiger partial charge < -0.3 is 10.4 Å². The van der Waals surface area contributed by atoms with Crippen LogP contribution in [0.3, 0.4) is 0 Å². The first-order chi connectivity index (χ1) is 7.55. The average Bonchev–Trinajstić information content (AvgIpc) is 2.31. The molecule has 0 saturated carbocycles. The Morgan fingerprint density at radius 1 is 1.31 bits per heavy atom. The molecular formula is C14H29NO. The fourth-order valence-electron chi connectivity index (χ4n) is 1.83. The number of aliphatic hydroxyl groups is 1. The topological polar surface area (TPSA) is 32.3 Å². The number of hydrogen-bond acceptors (Lipinski definition) is 2. The fourth-order valence-corrected chi connectivity index (χ4v) is 1.83. The number of aliphatic hydroxyl groups excluding tert-OH is 1. The third kappa shape index (κ3) is 4.67. The van der Waals surface area contributed by atoms with Crippen LogP contribution in [0.4, 0.5) is 0 Å². The Bertz CT molecular complexity index is 179. The van der Waals surface area contributed by atoms with Crippen molar-refractivity contribution in [2.24, 2.45) is 11.3 Å². The number of allylic oxidation sites excluding steroid dienone is 1. The van der Waals surface area contributed by atoms with E-state index in [0.717, 1.165) is 25.8 Å². The molecule has 0 aliphatic heterocycles. The van der Waals surface area contributed by atoms with Crippen molar-refractivity contribution in [2.75, 3.05) is 13.2 Å². The van der Waals surface area contributed by atoms with Gasteiger partial charge in [-0.05, 0) is 32.1 Å². The van der Waals surface area contributed by atoms with Crippen LogP contribution in [-0.2, 0) is 0 Å². The van der Waals surface area contributed by atoms with E-state index in [0.29, 0.717) is 12.0 Å². The fraction of sp³-hybridized carbons (Fsp3) is 0.857. The van der Waals surface area contributed by atoms with Crippen LogP contribution >= 0.6 is 0 Å². The molecule has 0 amide bonds. The van der Waals surface area contributed by atoms with Gasteiger partial charge >= 0.3 is 0 Å². The van der Waals surface area contributed by atoms with Gasteiger partial charge in [-0.3, -0.25) is 0 Å². The lowest BCUT2D eigenvalue weighted by Crippen LogP contribution is -2.42. The minimum Gasteiger partial charge on any atom is -0.396 e. The monoisotopic (exact) mass is 227 g/mol. The van der Waals surface area contributed by atoms with Crippen molar-refractivity contribution >= 4 is 0 Å². The summed E-state index contributed by atoms with van der Waals surface area (Å²) >= 11 is 0. The third-order valence-corrected chi connectivity index (χ3v) is 4.03. The Hall–Kier alpha value is -0.340. The minimum atomic E-state index is 0.0577. The number of rotatable bonds is 9. The van der Waals surface area contributed by atoms with Gasteiger partial charge in [-0.2, -0.15) is 0 Å². The van der Waals surface area contributed by atoms with E-state index in [4.69, 9.17) is 0 Å². The van der Waals surface area contributed by atoms with Gasteiger partial charge in [0.15, 0.2) is 0 Å². The summed E-state index contributed by atoms with van der Waals surface area (Å²) in [6.07, 6.45) is 5.06. The molecule has 2 N–H and O–H groups in total. The van der Waals surface area contributed by atoms with Crippen molar-refractivity contribution in [3.63, 3.8) is 0 Å². The van der Waals surface area contributed by atoms with Crippen LogP contribution in [0.25, 0.3) is 0 Å². The molecule has 2 heteroatoms. The van der Waals surface area contributed by atoms with Gasteiger partial charge in [0.05, 0.1) is 0 Å². The third-order valence-electron chi connectivity index (χ3n) is 4.03. The average molecular weight is 227 g/mol. The highest BCUT2D eigenvalue weighted by Crippen LogP contribution is 2.25. The molecule has 0 bridgehead atoms. The first-order valence-electron chi connectivity index (χ1n) is 6.50. The quantitative estimate of drug-likeness (QED) is 0.594. The van der Waals surface area contributed by atoms with E-state index in [-0.39, 0.29) is 12.0 Å². The zero-order chi connectivity index (χ0) is 12.6. The summed E-state index contributed by atoms with van der Waals surface area (Å²) in [6.45, 7) is 13.7. The molecule has 0 fully saturated rings. The molecule has 0 spiro atoms. The zero-order valence-corrected chi connectivity index (χ0v) is 11.4. The van der Waals surface area contributed by atoms with Crippen LogP contribution in [0, 0.1) is 11.3 Å². The summed E-state index contributed by atoms with van der Waals surface area (Å²) in [6, 6.07) is 0.474. The van der Waals surface area contributed by atoms with E-state index in [9.17, 15) is 5.11 Å². The predicted octanol–water partition coefficient (Wildman–Crippen LogP) is 2.98. The molecule has 2 atom stereocenters. The molecule has 2 unspecified atom stereocenters. The molecule has 0 aromatic carbocycles. The number of nitrogens with one attached hydrogen (secondary N) is 1. The van der Waals surface area contributed by atoms with E-state index in [1.807, 2.05) is 6.08 Å². The van der Waals surface area contributed by atoms with Crippen molar-refractivity contribution in [1.82, 2.24) is 5.32 Å². The Morgan fingerprint density at radius 3 is 2.25 bits per heavy atom. The molecule has 2 nitrogen and oxygen atoms in total. The summed E-state index contributed by atoms with van der Waals surface area (Å²) in [7, 11) is 0. The van der Waals surface area contributed by atoms with Crippen molar-refractivity contribution in [1.29, 1.82) is 0 Å². The Labute approximate surface area is 101 Å². The van der Waals surface area contributed by atoms with Crippen LogP contribution in [0.1, 0.15) is 47.0 Å². The Morgan fingerprint density at radius 2 is 1.88 bits per heavy atom. The summed E-state index contributed by atoms with van der Waals surface area (Å²) in [4.78, 5) is 0. The van der Waals surface area contributed by atoms with Crippen LogP contribution in [0.5, 0.6) is 0 Å². The largest absolute Gasteiger partial charge is 0.396 e. The maximum absolute atomic E-state index is 9.48. The standard InChI is InChI=1S/C14H29NO/c1-6-9-12(4)13(5)15-10-14(7-2,8-3)11-16/h6,12-13,15-16H,1,7-11H2,2-5H3. The Balaban J connectivity index is 4.14. The molecule has 16 heavy (non-hydrogen) atoms. The molecular weight excluding hydrogens is 198 g/mol. The molecule has 0 radical (unpaired) electrons. The van der Waals surface area contributed by atoms with Gasteiger partial charge in [0.25, 0.3) is 0 Å². The van der Waals surface area contributed by atoms with Crippen molar-refractivity contribution in [3.05, 3.63) is 12.7 Å². The molecule has 0 aliphatic rings. The predicted molar refractivity (Wildman–Crippen MR) is 71.5 cm³/mol. The summed E-state index contributed by atoms with van der Waals surface area (Å²) < 4.78 is 0. The van der Waals surface area contributed by atoms with Gasteiger partial charge in [-0.1, -0.05) is 26.8 Å². The summed E-state index contributed by atoms with van der Waals surface area (Å²) in [5.74, 6) is 0.600. The van der Waals surface area contributed by atoms with Crippen molar-refractivity contribution in [3.8, 4) is 0 Å². The van der Waals surface area contributed by atoms with Crippen LogP contribution in [0.15, 0.2) is 12.7 Å². The molecule has 96 valence electrons. The number of hydrogen-bond donors (Lipinski definition) is 2. The normalized spacial score (nSPS) is 15.8. The lowest BCUT2D eigenvalue weighted by molar-refractivity contribution is 0.108. The van der Waals surface area contributed by atoms with Gasteiger partial charge in [0.1, 0.15) is 0 Å². The summed E-state index contributed by atoms with van der Waals surface area (Å²) in [5.41, 5.74) is 0.0577. The van der Waals surface area contributed by atoms with E-state index in [1.54, 1.807) is 0 Å². The van der Waals surface area contributed by atoms with Crippen LogP contribution < -0.4 is 5.32 Å². The van der Waals surface area contributed by atoms with Gasteiger partial charge in [0.2, 0.25) is 0 Å². The molecule has 0 aromatic rings. The van der Waals surface area contributed by atoms with Gasteiger partial charge in [-0.15, -0.1) is 6.58 Å². The van der Waals surface area contributed by atoms with E-state index < -0.39 is 0 Å².